The van der Waals surface area contributed by atoms with Crippen LogP contribution < -0.4 is 0 Å². The standard InChI is InChI=1S/C35H21NS2/c1-2-10-22(11-3-1)23-20-30(28-16-8-14-26-24-12-4-6-18-32(24)37-34(26)28)36-31(21-23)29-17-9-15-27-25-13-5-7-19-33(25)38-35(27)29/h1-21H. The Labute approximate surface area is 228 Å². The molecule has 3 heteroatoms. The van der Waals surface area contributed by atoms with Gasteiger partial charge in [0, 0.05) is 51.5 Å². The van der Waals surface area contributed by atoms with Crippen LogP contribution in [0.25, 0.3) is 74.0 Å². The second-order valence-electron chi connectivity index (χ2n) is 9.55. The van der Waals surface area contributed by atoms with E-state index in [0.717, 1.165) is 11.4 Å². The Hall–Kier alpha value is -4.31. The van der Waals surface area contributed by atoms with Crippen molar-refractivity contribution in [1.29, 1.82) is 0 Å². The molecule has 0 saturated heterocycles. The van der Waals surface area contributed by atoms with Crippen LogP contribution in [-0.4, -0.2) is 4.98 Å². The number of benzene rings is 5. The van der Waals surface area contributed by atoms with Gasteiger partial charge in [-0.3, -0.25) is 0 Å². The maximum absolute atomic E-state index is 5.35. The summed E-state index contributed by atoms with van der Waals surface area (Å²) in [6.45, 7) is 0. The van der Waals surface area contributed by atoms with E-state index in [1.54, 1.807) is 0 Å². The molecule has 0 saturated carbocycles. The fourth-order valence-corrected chi connectivity index (χ4v) is 7.95. The highest BCUT2D eigenvalue weighted by molar-refractivity contribution is 7.26. The topological polar surface area (TPSA) is 12.9 Å². The smallest absolute Gasteiger partial charge is 0.0730 e. The molecule has 0 unspecified atom stereocenters. The normalized spacial score (nSPS) is 11.7. The number of hydrogen-bond acceptors (Lipinski definition) is 3. The molecule has 8 rings (SSSR count). The Kier molecular flexibility index (Phi) is 4.94. The van der Waals surface area contributed by atoms with Crippen LogP contribution in [0.15, 0.2) is 127 Å². The summed E-state index contributed by atoms with van der Waals surface area (Å²) in [7, 11) is 0. The number of nitrogens with zero attached hydrogens (tertiary/aromatic N) is 1. The Bertz CT molecular complexity index is 2000. The highest BCUT2D eigenvalue weighted by Crippen LogP contribution is 2.43. The van der Waals surface area contributed by atoms with Gasteiger partial charge in [-0.05, 0) is 35.4 Å². The summed E-state index contributed by atoms with van der Waals surface area (Å²) in [5, 5.41) is 5.21. The van der Waals surface area contributed by atoms with E-state index >= 15 is 0 Å². The molecule has 0 N–H and O–H groups in total. The lowest BCUT2D eigenvalue weighted by atomic mass is 9.98. The van der Waals surface area contributed by atoms with Crippen molar-refractivity contribution in [2.75, 3.05) is 0 Å². The fraction of sp³-hybridized carbons (Fsp3) is 0. The lowest BCUT2D eigenvalue weighted by Gasteiger charge is -2.12. The molecule has 0 fully saturated rings. The van der Waals surface area contributed by atoms with Gasteiger partial charge in [0.1, 0.15) is 0 Å². The molecule has 5 aromatic carbocycles. The van der Waals surface area contributed by atoms with E-state index in [9.17, 15) is 0 Å². The van der Waals surface area contributed by atoms with E-state index < -0.39 is 0 Å². The first-order valence-electron chi connectivity index (χ1n) is 12.7. The van der Waals surface area contributed by atoms with E-state index in [0.29, 0.717) is 0 Å². The number of rotatable bonds is 3. The van der Waals surface area contributed by atoms with Crippen LogP contribution in [0.5, 0.6) is 0 Å². The van der Waals surface area contributed by atoms with Crippen LogP contribution in [0, 0.1) is 0 Å². The molecule has 0 aliphatic heterocycles. The van der Waals surface area contributed by atoms with Crippen LogP contribution in [0.1, 0.15) is 0 Å². The van der Waals surface area contributed by atoms with Crippen LogP contribution in [0.2, 0.25) is 0 Å². The maximum Gasteiger partial charge on any atom is 0.0730 e. The fourth-order valence-electron chi connectivity index (χ4n) is 5.50. The average molecular weight is 520 g/mol. The second-order valence-corrected chi connectivity index (χ2v) is 11.7. The zero-order chi connectivity index (χ0) is 25.1. The third kappa shape index (κ3) is 3.40. The van der Waals surface area contributed by atoms with Crippen molar-refractivity contribution in [1.82, 2.24) is 4.98 Å². The summed E-state index contributed by atoms with van der Waals surface area (Å²) in [6, 6.07) is 45.8. The third-order valence-corrected chi connectivity index (χ3v) is 9.73. The lowest BCUT2D eigenvalue weighted by molar-refractivity contribution is 1.34. The van der Waals surface area contributed by atoms with Crippen LogP contribution in [0.4, 0.5) is 0 Å². The average Bonchev–Trinajstić information content (AvgIpc) is 3.56. The molecule has 3 aromatic heterocycles. The van der Waals surface area contributed by atoms with E-state index in [-0.39, 0.29) is 0 Å². The Morgan fingerprint density at radius 2 is 0.868 bits per heavy atom. The summed E-state index contributed by atoms with van der Waals surface area (Å²) in [5.41, 5.74) is 6.78. The summed E-state index contributed by atoms with van der Waals surface area (Å²) in [5.74, 6) is 0. The van der Waals surface area contributed by atoms with E-state index in [4.69, 9.17) is 4.98 Å². The number of hydrogen-bond donors (Lipinski definition) is 0. The summed E-state index contributed by atoms with van der Waals surface area (Å²) >= 11 is 3.71. The van der Waals surface area contributed by atoms with Crippen molar-refractivity contribution < 1.29 is 0 Å². The SMILES string of the molecule is c1ccc(-c2cc(-c3cccc4c3sc3ccccc34)nc(-c3cccc4c3sc3ccccc34)c2)cc1. The van der Waals surface area contributed by atoms with Gasteiger partial charge in [-0.25, -0.2) is 4.98 Å². The Morgan fingerprint density at radius 1 is 0.395 bits per heavy atom. The van der Waals surface area contributed by atoms with Crippen LogP contribution in [0.3, 0.4) is 0 Å². The monoisotopic (exact) mass is 519 g/mol. The van der Waals surface area contributed by atoms with Gasteiger partial charge in [0.25, 0.3) is 0 Å². The van der Waals surface area contributed by atoms with Crippen LogP contribution >= 0.6 is 22.7 Å². The second kappa shape index (κ2) is 8.63. The van der Waals surface area contributed by atoms with Gasteiger partial charge in [0.15, 0.2) is 0 Å². The zero-order valence-corrected chi connectivity index (χ0v) is 22.0. The minimum atomic E-state index is 1.01. The van der Waals surface area contributed by atoms with Crippen molar-refractivity contribution in [3.05, 3.63) is 127 Å². The minimum absolute atomic E-state index is 1.01. The maximum atomic E-state index is 5.35. The molecule has 3 heterocycles. The number of aromatic nitrogens is 1. The van der Waals surface area contributed by atoms with Crippen molar-refractivity contribution >= 4 is 63.0 Å². The minimum Gasteiger partial charge on any atom is -0.248 e. The van der Waals surface area contributed by atoms with Crippen LogP contribution in [-0.2, 0) is 0 Å². The third-order valence-electron chi connectivity index (χ3n) is 7.29. The predicted molar refractivity (Wildman–Crippen MR) is 166 cm³/mol. The predicted octanol–water partition coefficient (Wildman–Crippen LogP) is 10.8. The molecule has 8 aromatic rings. The number of pyridine rings is 1. The quantitative estimate of drug-likeness (QED) is 0.226. The molecule has 178 valence electrons. The van der Waals surface area contributed by atoms with Gasteiger partial charge in [-0.2, -0.15) is 0 Å². The molecule has 38 heavy (non-hydrogen) atoms. The van der Waals surface area contributed by atoms with Gasteiger partial charge < -0.3 is 0 Å². The van der Waals surface area contributed by atoms with Gasteiger partial charge >= 0.3 is 0 Å². The first-order valence-corrected chi connectivity index (χ1v) is 14.4. The first kappa shape index (κ1) is 21.7. The molecule has 0 aliphatic carbocycles. The number of fused-ring (bicyclic) bond motifs is 6. The molecule has 1 nitrogen and oxygen atoms in total. The Morgan fingerprint density at radius 3 is 1.42 bits per heavy atom. The summed E-state index contributed by atoms with van der Waals surface area (Å²) in [4.78, 5) is 5.35. The highest BCUT2D eigenvalue weighted by Gasteiger charge is 2.16. The van der Waals surface area contributed by atoms with Gasteiger partial charge in [-0.1, -0.05) is 103 Å². The largest absolute Gasteiger partial charge is 0.248 e. The first-order chi connectivity index (χ1) is 18.8. The van der Waals surface area contributed by atoms with Crippen molar-refractivity contribution in [2.24, 2.45) is 0 Å². The molecular weight excluding hydrogens is 499 g/mol. The molecule has 0 spiro atoms. The molecule has 0 atom stereocenters. The zero-order valence-electron chi connectivity index (χ0n) is 20.4. The molecular formula is C35H21NS2. The van der Waals surface area contributed by atoms with Crippen molar-refractivity contribution in [3.8, 4) is 33.6 Å². The van der Waals surface area contributed by atoms with E-state index in [1.165, 1.54) is 62.6 Å². The molecule has 0 amide bonds. The van der Waals surface area contributed by atoms with Gasteiger partial charge in [0.05, 0.1) is 11.4 Å². The molecule has 0 aliphatic rings. The van der Waals surface area contributed by atoms with Crippen molar-refractivity contribution in [3.63, 3.8) is 0 Å². The van der Waals surface area contributed by atoms with E-state index in [2.05, 4.69) is 127 Å². The number of thiophene rings is 2. The van der Waals surface area contributed by atoms with Gasteiger partial charge in [-0.15, -0.1) is 22.7 Å². The summed E-state index contributed by atoms with van der Waals surface area (Å²) < 4.78 is 5.20. The van der Waals surface area contributed by atoms with E-state index in [1.807, 2.05) is 22.7 Å². The molecule has 0 bridgehead atoms. The lowest BCUT2D eigenvalue weighted by Crippen LogP contribution is -1.91. The van der Waals surface area contributed by atoms with Crippen molar-refractivity contribution in [2.45, 2.75) is 0 Å². The Balaban J connectivity index is 1.43. The summed E-state index contributed by atoms with van der Waals surface area (Å²) in [6.07, 6.45) is 0. The highest BCUT2D eigenvalue weighted by atomic mass is 32.1. The van der Waals surface area contributed by atoms with Gasteiger partial charge in [0.2, 0.25) is 0 Å². The molecule has 0 radical (unpaired) electrons.